The van der Waals surface area contributed by atoms with Gasteiger partial charge >= 0.3 is 0 Å². The number of likely N-dealkylation sites (tertiary alicyclic amines) is 1. The summed E-state index contributed by atoms with van der Waals surface area (Å²) < 4.78 is 11.9. The molecule has 0 aliphatic carbocycles. The molecular formula is C9H17ClFN. The highest BCUT2D eigenvalue weighted by Crippen LogP contribution is 2.33. The first kappa shape index (κ1) is 10.3. The van der Waals surface area contributed by atoms with E-state index in [2.05, 4.69) is 18.7 Å². The van der Waals surface area contributed by atoms with Crippen molar-refractivity contribution in [3.8, 4) is 0 Å². The summed E-state index contributed by atoms with van der Waals surface area (Å²) in [6.45, 7) is 6.88. The number of halogens is 2. The maximum absolute atomic E-state index is 11.9. The van der Waals surface area contributed by atoms with Crippen molar-refractivity contribution in [2.24, 2.45) is 5.41 Å². The van der Waals surface area contributed by atoms with Crippen LogP contribution in [-0.4, -0.2) is 36.6 Å². The molecule has 12 heavy (non-hydrogen) atoms. The van der Waals surface area contributed by atoms with Crippen molar-refractivity contribution in [2.75, 3.05) is 26.3 Å². The van der Waals surface area contributed by atoms with E-state index in [0.29, 0.717) is 6.42 Å². The molecule has 0 aromatic carbocycles. The monoisotopic (exact) mass is 193 g/mol. The second-order valence-electron chi connectivity index (χ2n) is 4.23. The molecule has 1 atom stereocenters. The molecule has 1 unspecified atom stereocenters. The third kappa shape index (κ3) is 2.33. The fraction of sp³-hybridized carbons (Fsp3) is 1.00. The number of alkyl halides is 2. The highest BCUT2D eigenvalue weighted by Gasteiger charge is 2.37. The molecule has 0 radical (unpaired) electrons. The third-order valence-corrected chi connectivity index (χ3v) is 3.23. The molecule has 0 saturated carbocycles. The van der Waals surface area contributed by atoms with Gasteiger partial charge in [0.25, 0.3) is 0 Å². The third-order valence-electron chi connectivity index (χ3n) is 2.51. The molecule has 1 fully saturated rings. The topological polar surface area (TPSA) is 3.24 Å². The van der Waals surface area contributed by atoms with Crippen molar-refractivity contribution >= 4 is 11.6 Å². The molecule has 0 N–H and O–H groups in total. The molecular weight excluding hydrogens is 177 g/mol. The Balaban J connectivity index is 2.33. The van der Waals surface area contributed by atoms with E-state index in [9.17, 15) is 4.39 Å². The lowest BCUT2D eigenvalue weighted by Gasteiger charge is -2.20. The molecule has 1 aliphatic heterocycles. The minimum atomic E-state index is -0.218. The normalized spacial score (nSPS) is 29.5. The lowest BCUT2D eigenvalue weighted by molar-refractivity contribution is 0.276. The Morgan fingerprint density at radius 2 is 2.25 bits per heavy atom. The van der Waals surface area contributed by atoms with Crippen LogP contribution in [0.3, 0.4) is 0 Å². The first-order valence-corrected chi connectivity index (χ1v) is 4.92. The van der Waals surface area contributed by atoms with Gasteiger partial charge in [0.05, 0.1) is 12.1 Å². The van der Waals surface area contributed by atoms with Gasteiger partial charge in [-0.25, -0.2) is 0 Å². The van der Waals surface area contributed by atoms with Crippen LogP contribution in [0, 0.1) is 5.41 Å². The van der Waals surface area contributed by atoms with Crippen molar-refractivity contribution in [3.05, 3.63) is 0 Å². The van der Waals surface area contributed by atoms with Gasteiger partial charge in [-0.15, -0.1) is 11.6 Å². The number of rotatable bonds is 3. The first-order valence-electron chi connectivity index (χ1n) is 4.48. The highest BCUT2D eigenvalue weighted by atomic mass is 35.5. The zero-order valence-corrected chi connectivity index (χ0v) is 8.57. The van der Waals surface area contributed by atoms with Crippen LogP contribution in [-0.2, 0) is 0 Å². The van der Waals surface area contributed by atoms with E-state index in [1.807, 2.05) is 0 Å². The SMILES string of the molecule is CC1(C)CN(CCCF)CC1Cl. The van der Waals surface area contributed by atoms with Crippen LogP contribution in [0.15, 0.2) is 0 Å². The van der Waals surface area contributed by atoms with E-state index in [4.69, 9.17) is 11.6 Å². The van der Waals surface area contributed by atoms with Crippen LogP contribution in [0.4, 0.5) is 4.39 Å². The number of hydrogen-bond donors (Lipinski definition) is 0. The molecule has 3 heteroatoms. The average molecular weight is 194 g/mol. The van der Waals surface area contributed by atoms with Crippen molar-refractivity contribution in [1.82, 2.24) is 4.90 Å². The van der Waals surface area contributed by atoms with E-state index in [0.717, 1.165) is 19.6 Å². The van der Waals surface area contributed by atoms with Crippen LogP contribution in [0.2, 0.25) is 0 Å². The van der Waals surface area contributed by atoms with Gasteiger partial charge in [0.1, 0.15) is 0 Å². The van der Waals surface area contributed by atoms with Crippen LogP contribution >= 0.6 is 11.6 Å². The largest absolute Gasteiger partial charge is 0.301 e. The second-order valence-corrected chi connectivity index (χ2v) is 4.76. The van der Waals surface area contributed by atoms with E-state index in [1.165, 1.54) is 0 Å². The minimum absolute atomic E-state index is 0.192. The molecule has 0 amide bonds. The molecule has 1 saturated heterocycles. The lowest BCUT2D eigenvalue weighted by atomic mass is 9.92. The molecule has 0 aromatic heterocycles. The van der Waals surface area contributed by atoms with Gasteiger partial charge in [0.2, 0.25) is 0 Å². The smallest absolute Gasteiger partial charge is 0.0906 e. The van der Waals surface area contributed by atoms with E-state index >= 15 is 0 Å². The zero-order chi connectivity index (χ0) is 9.19. The molecule has 1 heterocycles. The fourth-order valence-electron chi connectivity index (χ4n) is 1.67. The van der Waals surface area contributed by atoms with Crippen molar-refractivity contribution in [2.45, 2.75) is 25.6 Å². The Bertz CT molecular complexity index is 149. The van der Waals surface area contributed by atoms with Crippen molar-refractivity contribution < 1.29 is 4.39 Å². The quantitative estimate of drug-likeness (QED) is 0.622. The summed E-state index contributed by atoms with van der Waals surface area (Å²) in [6.07, 6.45) is 0.639. The zero-order valence-electron chi connectivity index (χ0n) is 7.82. The average Bonchev–Trinajstić information content (AvgIpc) is 2.22. The Hall–Kier alpha value is 0.180. The Labute approximate surface area is 78.9 Å². The molecule has 72 valence electrons. The van der Waals surface area contributed by atoms with Gasteiger partial charge in [-0.2, -0.15) is 0 Å². The standard InChI is InChI=1S/C9H17ClFN/c1-9(2)7-12(5-3-4-11)6-8(9)10/h8H,3-7H2,1-2H3. The predicted molar refractivity (Wildman–Crippen MR) is 50.5 cm³/mol. The van der Waals surface area contributed by atoms with Crippen molar-refractivity contribution in [1.29, 1.82) is 0 Å². The van der Waals surface area contributed by atoms with Crippen LogP contribution in [0.5, 0.6) is 0 Å². The predicted octanol–water partition coefficient (Wildman–Crippen LogP) is 2.30. The molecule has 1 aliphatic rings. The first-order chi connectivity index (χ1) is 5.56. The summed E-state index contributed by atoms with van der Waals surface area (Å²) in [5.41, 5.74) is 0.192. The van der Waals surface area contributed by atoms with Gasteiger partial charge < -0.3 is 4.90 Å². The van der Waals surface area contributed by atoms with Crippen LogP contribution in [0.25, 0.3) is 0 Å². The lowest BCUT2D eigenvalue weighted by Crippen LogP contribution is -2.25. The van der Waals surface area contributed by atoms with Gasteiger partial charge in [-0.1, -0.05) is 13.8 Å². The fourth-order valence-corrected chi connectivity index (χ4v) is 1.93. The van der Waals surface area contributed by atoms with Gasteiger partial charge in [0.15, 0.2) is 0 Å². The summed E-state index contributed by atoms with van der Waals surface area (Å²) in [7, 11) is 0. The maximum atomic E-state index is 11.9. The second kappa shape index (κ2) is 3.93. The molecule has 0 spiro atoms. The summed E-state index contributed by atoms with van der Waals surface area (Å²) in [5.74, 6) is 0. The maximum Gasteiger partial charge on any atom is 0.0906 e. The summed E-state index contributed by atoms with van der Waals surface area (Å²) in [4.78, 5) is 2.25. The van der Waals surface area contributed by atoms with Crippen LogP contribution < -0.4 is 0 Å². The van der Waals surface area contributed by atoms with Gasteiger partial charge in [-0.05, 0) is 11.8 Å². The Morgan fingerprint density at radius 3 is 2.67 bits per heavy atom. The van der Waals surface area contributed by atoms with Crippen LogP contribution in [0.1, 0.15) is 20.3 Å². The summed E-state index contributed by atoms with van der Waals surface area (Å²) in [6, 6.07) is 0. The Kier molecular flexibility index (Phi) is 3.36. The molecule has 1 nitrogen and oxygen atoms in total. The molecule has 0 bridgehead atoms. The number of hydrogen-bond acceptors (Lipinski definition) is 1. The van der Waals surface area contributed by atoms with E-state index in [1.54, 1.807) is 0 Å². The van der Waals surface area contributed by atoms with Gasteiger partial charge in [-0.3, -0.25) is 4.39 Å². The summed E-state index contributed by atoms with van der Waals surface area (Å²) >= 11 is 6.14. The van der Waals surface area contributed by atoms with Crippen molar-refractivity contribution in [3.63, 3.8) is 0 Å². The summed E-state index contributed by atoms with van der Waals surface area (Å²) in [5, 5.41) is 0.220. The Morgan fingerprint density at radius 1 is 1.58 bits per heavy atom. The van der Waals surface area contributed by atoms with E-state index in [-0.39, 0.29) is 17.5 Å². The molecule has 0 aromatic rings. The number of nitrogens with zero attached hydrogens (tertiary/aromatic N) is 1. The molecule has 1 rings (SSSR count). The highest BCUT2D eigenvalue weighted by molar-refractivity contribution is 6.21. The van der Waals surface area contributed by atoms with Gasteiger partial charge in [0, 0.05) is 19.6 Å². The minimum Gasteiger partial charge on any atom is -0.301 e. The van der Waals surface area contributed by atoms with E-state index < -0.39 is 0 Å².